The van der Waals surface area contributed by atoms with Gasteiger partial charge >= 0.3 is 135 Å². The van der Waals surface area contributed by atoms with Gasteiger partial charge in [0.2, 0.25) is 0 Å². The monoisotopic (exact) mass is 304 g/mol. The van der Waals surface area contributed by atoms with Crippen molar-refractivity contribution >= 4 is 0 Å². The van der Waals surface area contributed by atoms with Crippen LogP contribution in [-0.4, -0.2) is 0 Å². The molecule has 6 nitrogen and oxygen atoms in total. The van der Waals surface area contributed by atoms with Crippen LogP contribution in [0.3, 0.4) is 0 Å². The van der Waals surface area contributed by atoms with Crippen molar-refractivity contribution in [1.82, 2.24) is 0 Å². The maximum atomic E-state index is 6.25. The average Bonchev–Trinajstić information content (AvgIpc) is 2.33. The van der Waals surface area contributed by atoms with E-state index in [1.165, 1.54) is 0 Å². The zero-order chi connectivity index (χ0) is 12.0. The second-order valence-corrected chi connectivity index (χ2v) is 0. The molecule has 0 spiro atoms. The van der Waals surface area contributed by atoms with E-state index in [4.69, 9.17) is 71.0 Å². The van der Waals surface area contributed by atoms with Crippen LogP contribution in [0.1, 0.15) is 0 Å². The predicted octanol–water partition coefficient (Wildman–Crippen LogP) is -11.4. The van der Waals surface area contributed by atoms with Gasteiger partial charge in [0.25, 0.3) is 0 Å². The average molecular weight is 304 g/mol. The third-order valence-electron chi connectivity index (χ3n) is 0. The van der Waals surface area contributed by atoms with Crippen LogP contribution < -0.4 is 118 Å². The Morgan fingerprint density at radius 3 is 0.294 bits per heavy atom. The Bertz CT molecular complexity index is 106. The van der Waals surface area contributed by atoms with Crippen molar-refractivity contribution in [3.8, 4) is 0 Å². The first kappa shape index (κ1) is 101. The quantitative estimate of drug-likeness (QED) is 0.321. The van der Waals surface area contributed by atoms with Gasteiger partial charge in [0.15, 0.2) is 0 Å². The second-order valence-electron chi connectivity index (χ2n) is 0. The molecule has 0 saturated heterocycles. The first-order valence-corrected chi connectivity index (χ1v) is 1.34. The summed E-state index contributed by atoms with van der Waals surface area (Å²) in [5.41, 5.74) is 0. The minimum absolute atomic E-state index is 0. The molecule has 0 rings (SSSR count). The van der Waals surface area contributed by atoms with Crippen LogP contribution in [-0.2, 0) is 17.1 Å². The Labute approximate surface area is 202 Å². The number of rotatable bonds is 0. The molecule has 0 aromatic heterocycles. The van der Waals surface area contributed by atoms with Gasteiger partial charge in [-0.2, -0.15) is 0 Å². The zero-order valence-electron chi connectivity index (χ0n) is 10.0. The van der Waals surface area contributed by atoms with E-state index in [1.54, 1.807) is 0 Å². The number of hydrogen-bond acceptors (Lipinski definition) is 6. The van der Waals surface area contributed by atoms with Gasteiger partial charge < -0.3 is 71.0 Å². The molecule has 11 heteroatoms. The molecule has 0 amide bonds. The van der Waals surface area contributed by atoms with E-state index in [-0.39, 0.29) is 135 Å². The zero-order valence-corrected chi connectivity index (χ0v) is 19.1. The molecule has 0 aliphatic carbocycles. The molecule has 0 bridgehead atoms. The minimum Gasteiger partial charge on any atom is -0.512 e. The number of hydrogen-bond donors (Lipinski definition) is 0. The Kier molecular flexibility index (Phi) is 13200. The minimum atomic E-state index is 0. The summed E-state index contributed by atoms with van der Waals surface area (Å²) in [6.07, 6.45) is 0. The summed E-state index contributed by atoms with van der Waals surface area (Å²) in [5, 5.41) is 37.5. The van der Waals surface area contributed by atoms with Gasteiger partial charge in [0.05, 0.1) is 0 Å². The molecule has 17 heavy (non-hydrogen) atoms. The molecule has 0 unspecified atom stereocenters. The normalized spacial score (nSPS) is 0.706. The topological polar surface area (TPSA) is 143 Å². The molecule has 0 radical (unpaired) electrons. The summed E-state index contributed by atoms with van der Waals surface area (Å²) in [4.78, 5) is 0. The van der Waals surface area contributed by atoms with E-state index in [0.29, 0.717) is 0 Å². The predicted molar refractivity (Wildman–Crippen MR) is 29.8 cm³/mol. The number of nitrogens with zero attached hydrogens (tertiary/aromatic N) is 6. The van der Waals surface area contributed by atoms with Gasteiger partial charge in [-0.15, -0.1) is 0 Å². The molecule has 0 aromatic rings. The molecule has 0 aliphatic heterocycles. The van der Waals surface area contributed by atoms with E-state index in [0.717, 1.165) is 0 Å². The van der Waals surface area contributed by atoms with Crippen LogP contribution in [0.15, 0.2) is 0 Å². The third-order valence-corrected chi connectivity index (χ3v) is 0. The van der Waals surface area contributed by atoms with Crippen molar-refractivity contribution in [2.75, 3.05) is 0 Å². The Balaban J connectivity index is -0.00000000267. The molecule has 62 valence electrons. The van der Waals surface area contributed by atoms with Crippen molar-refractivity contribution in [2.45, 2.75) is 0 Å². The van der Waals surface area contributed by atoms with E-state index in [1.807, 2.05) is 0 Å². The summed E-state index contributed by atoms with van der Waals surface area (Å²) < 4.78 is 0. The van der Waals surface area contributed by atoms with Crippen LogP contribution in [0.5, 0.6) is 0 Å². The van der Waals surface area contributed by atoms with Gasteiger partial charge in [-0.05, 0) is 0 Å². The van der Waals surface area contributed by atoms with E-state index < -0.39 is 0 Å². The molecular weight excluding hydrogens is 304 g/mol. The largest absolute Gasteiger partial charge is 6.00 e. The summed E-state index contributed by atoms with van der Waals surface area (Å²) in [5.74, 6) is 0. The van der Waals surface area contributed by atoms with Crippen molar-refractivity contribution in [3.05, 3.63) is 39.4 Å². The van der Waals surface area contributed by atoms with Crippen LogP contribution >= 0.6 is 0 Å². The standard InChI is InChI=1S/6CN.Fe.4Na/c6*1-2;;;;;/q6*-1;+6;4*+1. The maximum absolute atomic E-state index is 6.25. The van der Waals surface area contributed by atoms with Gasteiger partial charge in [-0.25, -0.2) is 0 Å². The second kappa shape index (κ2) is 2220. The first-order chi connectivity index (χ1) is 6.00. The summed E-state index contributed by atoms with van der Waals surface area (Å²) >= 11 is 0. The summed E-state index contributed by atoms with van der Waals surface area (Å²) in [7, 11) is 0. The fraction of sp³-hybridized carbons (Fsp3) is 0. The van der Waals surface area contributed by atoms with Crippen LogP contribution in [0.25, 0.3) is 0 Å². The van der Waals surface area contributed by atoms with E-state index >= 15 is 0 Å². The first-order valence-electron chi connectivity index (χ1n) is 1.34. The summed E-state index contributed by atoms with van der Waals surface area (Å²) in [6.45, 7) is 28.5. The fourth-order valence-electron chi connectivity index (χ4n) is 0. The molecule has 0 heterocycles. The molecule has 0 saturated carbocycles. The van der Waals surface area contributed by atoms with Crippen LogP contribution in [0, 0.1) is 71.0 Å². The van der Waals surface area contributed by atoms with E-state index in [9.17, 15) is 0 Å². The Hall–Kier alpha value is 1.46. The smallest absolute Gasteiger partial charge is 0.512 e. The molecule has 0 fully saturated rings. The van der Waals surface area contributed by atoms with Gasteiger partial charge in [-0.1, -0.05) is 0 Å². The third kappa shape index (κ3) is 1960. The molecule has 0 atom stereocenters. The van der Waals surface area contributed by atoms with Crippen molar-refractivity contribution in [3.63, 3.8) is 0 Å². The van der Waals surface area contributed by atoms with Gasteiger partial charge in [-0.3, -0.25) is 0 Å². The Morgan fingerprint density at radius 1 is 0.294 bits per heavy atom. The van der Waals surface area contributed by atoms with Crippen molar-refractivity contribution in [1.29, 1.82) is 31.6 Å². The fourth-order valence-corrected chi connectivity index (χ4v) is 0. The van der Waals surface area contributed by atoms with Crippen molar-refractivity contribution < 1.29 is 135 Å². The molecular formula is C6FeN6Na4+4. The van der Waals surface area contributed by atoms with Crippen LogP contribution in [0.2, 0.25) is 0 Å². The molecule has 0 N–H and O–H groups in total. The van der Waals surface area contributed by atoms with Gasteiger partial charge in [0.1, 0.15) is 0 Å². The molecule has 0 aromatic carbocycles. The van der Waals surface area contributed by atoms with Gasteiger partial charge in [0, 0.05) is 0 Å². The van der Waals surface area contributed by atoms with E-state index in [2.05, 4.69) is 0 Å². The van der Waals surface area contributed by atoms with Crippen molar-refractivity contribution in [2.24, 2.45) is 0 Å². The summed E-state index contributed by atoms with van der Waals surface area (Å²) in [6, 6.07) is 0. The Morgan fingerprint density at radius 2 is 0.294 bits per heavy atom. The molecule has 0 aliphatic rings. The van der Waals surface area contributed by atoms with Crippen LogP contribution in [0.4, 0.5) is 0 Å². The maximum Gasteiger partial charge on any atom is 6.00 e. The SMILES string of the molecule is [C-]#N.[C-]#N.[C-]#N.[C-]#N.[C-]#N.[C-]#N.[Fe+6].[Na+].[Na+].[Na+].[Na+].